The van der Waals surface area contributed by atoms with Crippen molar-refractivity contribution in [1.82, 2.24) is 20.3 Å². The lowest BCUT2D eigenvalue weighted by atomic mass is 10.0. The Morgan fingerprint density at radius 1 is 1.29 bits per heavy atom. The molecule has 0 fully saturated rings. The zero-order valence-corrected chi connectivity index (χ0v) is 16.7. The van der Waals surface area contributed by atoms with E-state index in [4.69, 9.17) is 0 Å². The molecule has 8 heteroatoms. The van der Waals surface area contributed by atoms with E-state index in [1.807, 2.05) is 26.0 Å². The van der Waals surface area contributed by atoms with Crippen molar-refractivity contribution in [2.75, 3.05) is 6.54 Å². The molecule has 0 aliphatic carbocycles. The molecule has 28 heavy (non-hydrogen) atoms. The molecule has 0 bridgehead atoms. The summed E-state index contributed by atoms with van der Waals surface area (Å²) in [6.45, 7) is 5.53. The maximum absolute atomic E-state index is 12.7. The van der Waals surface area contributed by atoms with E-state index in [9.17, 15) is 14.7 Å². The van der Waals surface area contributed by atoms with Crippen molar-refractivity contribution in [1.29, 1.82) is 0 Å². The van der Waals surface area contributed by atoms with Gasteiger partial charge in [-0.3, -0.25) is 14.6 Å². The van der Waals surface area contributed by atoms with Gasteiger partial charge in [0.1, 0.15) is 5.01 Å². The highest BCUT2D eigenvalue weighted by Crippen LogP contribution is 2.28. The number of carbonyl (C=O) groups excluding carboxylic acids is 1. The van der Waals surface area contributed by atoms with Crippen LogP contribution in [-0.2, 0) is 0 Å². The first kappa shape index (κ1) is 19.9. The van der Waals surface area contributed by atoms with Crippen LogP contribution in [0.15, 0.2) is 40.8 Å². The molecule has 3 rings (SSSR count). The van der Waals surface area contributed by atoms with Crippen LogP contribution in [0.1, 0.15) is 42.7 Å². The Balaban J connectivity index is 2.02. The van der Waals surface area contributed by atoms with Gasteiger partial charge in [-0.25, -0.2) is 4.98 Å². The number of hydrogen-bond acceptors (Lipinski definition) is 6. The lowest BCUT2D eigenvalue weighted by Gasteiger charge is -2.14. The fourth-order valence-electron chi connectivity index (χ4n) is 2.74. The molecule has 7 nitrogen and oxygen atoms in total. The van der Waals surface area contributed by atoms with Crippen molar-refractivity contribution in [2.45, 2.75) is 32.8 Å². The van der Waals surface area contributed by atoms with Crippen LogP contribution in [0, 0.1) is 0 Å². The van der Waals surface area contributed by atoms with Crippen LogP contribution in [-0.4, -0.2) is 38.6 Å². The molecule has 1 atom stereocenters. The summed E-state index contributed by atoms with van der Waals surface area (Å²) in [5.74, 6) is -0.386. The number of nitrogens with one attached hydrogen (secondary N) is 2. The van der Waals surface area contributed by atoms with Gasteiger partial charge >= 0.3 is 0 Å². The molecule has 3 aromatic heterocycles. The predicted molar refractivity (Wildman–Crippen MR) is 110 cm³/mol. The van der Waals surface area contributed by atoms with Crippen molar-refractivity contribution in [3.05, 3.63) is 57.6 Å². The van der Waals surface area contributed by atoms with E-state index in [1.54, 1.807) is 30.8 Å². The van der Waals surface area contributed by atoms with Gasteiger partial charge in [0, 0.05) is 35.6 Å². The Morgan fingerprint density at radius 3 is 2.64 bits per heavy atom. The predicted octanol–water partition coefficient (Wildman–Crippen LogP) is 2.79. The van der Waals surface area contributed by atoms with Crippen LogP contribution in [0.4, 0.5) is 0 Å². The molecule has 0 spiro atoms. The second kappa shape index (κ2) is 8.45. The van der Waals surface area contributed by atoms with Crippen LogP contribution in [0.2, 0.25) is 0 Å². The summed E-state index contributed by atoms with van der Waals surface area (Å²) < 4.78 is 0. The van der Waals surface area contributed by atoms with Crippen LogP contribution < -0.4 is 10.9 Å². The fourth-order valence-corrected chi connectivity index (χ4v) is 3.56. The van der Waals surface area contributed by atoms with Gasteiger partial charge in [0.25, 0.3) is 11.5 Å². The summed E-state index contributed by atoms with van der Waals surface area (Å²) in [5.41, 5.74) is 2.41. The Hall–Kier alpha value is -2.84. The van der Waals surface area contributed by atoms with Crippen LogP contribution in [0.3, 0.4) is 0 Å². The van der Waals surface area contributed by atoms with Gasteiger partial charge in [-0.2, -0.15) is 0 Å². The molecule has 146 valence electrons. The highest BCUT2D eigenvalue weighted by molar-refractivity contribution is 7.13. The van der Waals surface area contributed by atoms with E-state index in [0.29, 0.717) is 22.5 Å². The van der Waals surface area contributed by atoms with Crippen LogP contribution in [0.25, 0.3) is 21.8 Å². The van der Waals surface area contributed by atoms with E-state index < -0.39 is 6.10 Å². The summed E-state index contributed by atoms with van der Waals surface area (Å²) in [7, 11) is 0. The molecule has 0 aromatic carbocycles. The summed E-state index contributed by atoms with van der Waals surface area (Å²) in [4.78, 5) is 36.7. The van der Waals surface area contributed by atoms with Gasteiger partial charge in [0.15, 0.2) is 0 Å². The largest absolute Gasteiger partial charge is 0.392 e. The van der Waals surface area contributed by atoms with Gasteiger partial charge in [0.2, 0.25) is 0 Å². The third kappa shape index (κ3) is 4.35. The molecular formula is C20H22N4O3S. The Kier molecular flexibility index (Phi) is 6.01. The molecule has 0 aliphatic heterocycles. The third-order valence-corrected chi connectivity index (χ3v) is 5.05. The van der Waals surface area contributed by atoms with E-state index >= 15 is 0 Å². The van der Waals surface area contributed by atoms with Gasteiger partial charge < -0.3 is 15.4 Å². The normalized spacial score (nSPS) is 12.2. The number of aromatic nitrogens is 3. The smallest absolute Gasteiger partial charge is 0.257 e. The van der Waals surface area contributed by atoms with Crippen molar-refractivity contribution in [3.63, 3.8) is 0 Å². The SMILES string of the molecule is CC(O)CNC(=O)c1cc(-c2csc(-c3ccncc3)n2)c(=O)[nH]c1C(C)C. The van der Waals surface area contributed by atoms with Crippen LogP contribution in [0.5, 0.6) is 0 Å². The number of nitrogens with zero attached hydrogens (tertiary/aromatic N) is 2. The van der Waals surface area contributed by atoms with E-state index in [-0.39, 0.29) is 23.9 Å². The Labute approximate surface area is 166 Å². The second-order valence-electron chi connectivity index (χ2n) is 6.83. The molecule has 3 aromatic rings. The standard InChI is InChI=1S/C20H22N4O3S/c1-11(2)17-15(18(26)22-9-12(3)25)8-14(19(27)24-17)16-10-28-20(23-16)13-4-6-21-7-5-13/h4-8,10-12,25H,9H2,1-3H3,(H,22,26)(H,24,27). The molecule has 0 aliphatic rings. The molecule has 1 unspecified atom stereocenters. The number of aromatic amines is 1. The van der Waals surface area contributed by atoms with Gasteiger partial charge in [-0.05, 0) is 31.0 Å². The molecule has 0 saturated carbocycles. The van der Waals surface area contributed by atoms with Gasteiger partial charge in [0.05, 0.1) is 22.9 Å². The number of pyridine rings is 2. The maximum atomic E-state index is 12.7. The number of aliphatic hydroxyl groups is 1. The molecule has 0 saturated heterocycles. The van der Waals surface area contributed by atoms with E-state index in [2.05, 4.69) is 20.3 Å². The summed E-state index contributed by atoms with van der Waals surface area (Å²) in [6, 6.07) is 5.28. The number of H-pyrrole nitrogens is 1. The van der Waals surface area contributed by atoms with Gasteiger partial charge in [-0.15, -0.1) is 11.3 Å². The summed E-state index contributed by atoms with van der Waals surface area (Å²) in [5, 5.41) is 14.7. The van der Waals surface area contributed by atoms with Gasteiger partial charge in [-0.1, -0.05) is 13.8 Å². The molecular weight excluding hydrogens is 376 g/mol. The first-order valence-corrected chi connectivity index (χ1v) is 9.84. The Bertz CT molecular complexity index is 1030. The number of carbonyl (C=O) groups is 1. The topological polar surface area (TPSA) is 108 Å². The zero-order valence-electron chi connectivity index (χ0n) is 15.9. The minimum Gasteiger partial charge on any atom is -0.392 e. The number of thiazole rings is 1. The average Bonchev–Trinajstić information content (AvgIpc) is 3.16. The van der Waals surface area contributed by atoms with Crippen molar-refractivity contribution >= 4 is 17.2 Å². The number of aliphatic hydroxyl groups excluding tert-OH is 1. The van der Waals surface area contributed by atoms with E-state index in [0.717, 1.165) is 10.6 Å². The highest BCUT2D eigenvalue weighted by Gasteiger charge is 2.20. The first-order chi connectivity index (χ1) is 13.4. The quantitative estimate of drug-likeness (QED) is 0.592. The number of amides is 1. The number of rotatable bonds is 6. The first-order valence-electron chi connectivity index (χ1n) is 8.96. The lowest BCUT2D eigenvalue weighted by molar-refractivity contribution is 0.0922. The van der Waals surface area contributed by atoms with Crippen molar-refractivity contribution in [2.24, 2.45) is 0 Å². The zero-order chi connectivity index (χ0) is 20.3. The van der Waals surface area contributed by atoms with E-state index in [1.165, 1.54) is 11.3 Å². The minimum atomic E-state index is -0.657. The Morgan fingerprint density at radius 2 is 2.00 bits per heavy atom. The highest BCUT2D eigenvalue weighted by atomic mass is 32.1. The fraction of sp³-hybridized carbons (Fsp3) is 0.300. The molecule has 1 amide bonds. The lowest BCUT2D eigenvalue weighted by Crippen LogP contribution is -2.32. The third-order valence-electron chi connectivity index (χ3n) is 4.16. The average molecular weight is 398 g/mol. The molecule has 0 radical (unpaired) electrons. The minimum absolute atomic E-state index is 0.0446. The summed E-state index contributed by atoms with van der Waals surface area (Å²) in [6.07, 6.45) is 2.71. The monoisotopic (exact) mass is 398 g/mol. The second-order valence-corrected chi connectivity index (χ2v) is 7.69. The van der Waals surface area contributed by atoms with Crippen molar-refractivity contribution in [3.8, 4) is 21.8 Å². The molecule has 3 N–H and O–H groups in total. The maximum Gasteiger partial charge on any atom is 0.257 e. The summed E-state index contributed by atoms with van der Waals surface area (Å²) >= 11 is 1.42. The van der Waals surface area contributed by atoms with Crippen LogP contribution >= 0.6 is 11.3 Å². The number of hydrogen-bond donors (Lipinski definition) is 3. The molecule has 3 heterocycles. The van der Waals surface area contributed by atoms with Crippen molar-refractivity contribution < 1.29 is 9.90 Å².